The summed E-state index contributed by atoms with van der Waals surface area (Å²) < 4.78 is 26.2. The van der Waals surface area contributed by atoms with Gasteiger partial charge in [-0.3, -0.25) is 0 Å². The van der Waals surface area contributed by atoms with Gasteiger partial charge in [-0.2, -0.15) is 0 Å². The van der Waals surface area contributed by atoms with E-state index in [-0.39, 0.29) is 13.2 Å². The van der Waals surface area contributed by atoms with Crippen molar-refractivity contribution in [2.75, 3.05) is 13.2 Å². The van der Waals surface area contributed by atoms with Crippen LogP contribution in [0.3, 0.4) is 0 Å². The predicted molar refractivity (Wildman–Crippen MR) is 117 cm³/mol. The Balaban J connectivity index is 2.02. The molecule has 0 aliphatic heterocycles. The number of aliphatic hydroxyl groups excluding tert-OH is 2. The van der Waals surface area contributed by atoms with Gasteiger partial charge in [0.2, 0.25) is 9.84 Å². The second kappa shape index (κ2) is 12.8. The van der Waals surface area contributed by atoms with Crippen molar-refractivity contribution in [3.05, 3.63) is 59.7 Å². The number of rotatable bonds is 14. The SMILES string of the molecule is O=S(=O)(c1cccc(CCCCCCO)c1)c1cccc(CCCCCCO)c1. The lowest BCUT2D eigenvalue weighted by Crippen LogP contribution is -2.03. The highest BCUT2D eigenvalue weighted by Crippen LogP contribution is 2.24. The molecule has 0 unspecified atom stereocenters. The Bertz CT molecular complexity index is 767. The average Bonchev–Trinajstić information content (AvgIpc) is 2.74. The fourth-order valence-corrected chi connectivity index (χ4v) is 4.86. The second-order valence-electron chi connectivity index (χ2n) is 7.57. The molecule has 0 atom stereocenters. The molecule has 2 rings (SSSR count). The van der Waals surface area contributed by atoms with E-state index in [1.54, 1.807) is 24.3 Å². The lowest BCUT2D eigenvalue weighted by molar-refractivity contribution is 0.282. The van der Waals surface area contributed by atoms with E-state index in [4.69, 9.17) is 10.2 Å². The molecule has 5 heteroatoms. The molecule has 4 nitrogen and oxygen atoms in total. The number of sulfone groups is 1. The van der Waals surface area contributed by atoms with Gasteiger partial charge in [0.05, 0.1) is 9.79 Å². The molecule has 2 N–H and O–H groups in total. The maximum absolute atomic E-state index is 13.1. The molecule has 0 radical (unpaired) electrons. The van der Waals surface area contributed by atoms with E-state index in [2.05, 4.69) is 0 Å². The van der Waals surface area contributed by atoms with Gasteiger partial charge in [-0.05, 0) is 73.9 Å². The summed E-state index contributed by atoms with van der Waals surface area (Å²) in [5.41, 5.74) is 2.07. The summed E-state index contributed by atoms with van der Waals surface area (Å²) in [6, 6.07) is 14.5. The molecule has 0 amide bonds. The van der Waals surface area contributed by atoms with Crippen LogP contribution in [-0.4, -0.2) is 31.8 Å². The maximum Gasteiger partial charge on any atom is 0.206 e. The van der Waals surface area contributed by atoms with E-state index in [0.717, 1.165) is 75.3 Å². The highest BCUT2D eigenvalue weighted by molar-refractivity contribution is 7.91. The topological polar surface area (TPSA) is 74.6 Å². The van der Waals surface area contributed by atoms with E-state index < -0.39 is 9.84 Å². The number of unbranched alkanes of at least 4 members (excludes halogenated alkanes) is 6. The molecule has 0 heterocycles. The van der Waals surface area contributed by atoms with Gasteiger partial charge in [-0.15, -0.1) is 0 Å². The zero-order chi connectivity index (χ0) is 21.0. The van der Waals surface area contributed by atoms with Crippen molar-refractivity contribution in [2.24, 2.45) is 0 Å². The van der Waals surface area contributed by atoms with Gasteiger partial charge < -0.3 is 10.2 Å². The lowest BCUT2D eigenvalue weighted by Gasteiger charge is -2.09. The molecule has 0 aliphatic carbocycles. The van der Waals surface area contributed by atoms with Crippen LogP contribution in [0.1, 0.15) is 62.5 Å². The summed E-state index contributed by atoms with van der Waals surface area (Å²) in [5, 5.41) is 17.7. The Morgan fingerprint density at radius 1 is 0.586 bits per heavy atom. The van der Waals surface area contributed by atoms with E-state index in [1.165, 1.54) is 0 Å². The van der Waals surface area contributed by atoms with Crippen molar-refractivity contribution in [1.82, 2.24) is 0 Å². The Hall–Kier alpha value is -1.69. The fourth-order valence-electron chi connectivity index (χ4n) is 3.46. The molecule has 160 valence electrons. The molecule has 0 spiro atoms. The highest BCUT2D eigenvalue weighted by atomic mass is 32.2. The van der Waals surface area contributed by atoms with Crippen LogP contribution in [0.25, 0.3) is 0 Å². The molecule has 0 aromatic heterocycles. The molecular weight excluding hydrogens is 384 g/mol. The van der Waals surface area contributed by atoms with Gasteiger partial charge in [0.15, 0.2) is 0 Å². The van der Waals surface area contributed by atoms with Crippen molar-refractivity contribution in [3.63, 3.8) is 0 Å². The Morgan fingerprint density at radius 2 is 1.00 bits per heavy atom. The molecule has 29 heavy (non-hydrogen) atoms. The summed E-state index contributed by atoms with van der Waals surface area (Å²) in [7, 11) is -3.53. The van der Waals surface area contributed by atoms with Gasteiger partial charge in [0.25, 0.3) is 0 Å². The van der Waals surface area contributed by atoms with Gasteiger partial charge in [0.1, 0.15) is 0 Å². The molecular formula is C24H34O4S. The summed E-state index contributed by atoms with van der Waals surface area (Å²) in [4.78, 5) is 0.705. The summed E-state index contributed by atoms with van der Waals surface area (Å²) in [5.74, 6) is 0. The first-order valence-electron chi connectivity index (χ1n) is 10.7. The monoisotopic (exact) mass is 418 g/mol. The standard InChI is InChI=1S/C24H34O4S/c25-17-7-3-1-5-11-21-13-9-15-23(19-21)29(27,28)24-16-10-14-22(20-24)12-6-2-4-8-18-26/h9-10,13-16,19-20,25-26H,1-8,11-12,17-18H2. The first kappa shape index (κ1) is 23.6. The van der Waals surface area contributed by atoms with Gasteiger partial charge >= 0.3 is 0 Å². The van der Waals surface area contributed by atoms with Crippen molar-refractivity contribution < 1.29 is 18.6 Å². The van der Waals surface area contributed by atoms with Crippen LogP contribution in [0, 0.1) is 0 Å². The summed E-state index contributed by atoms with van der Waals surface area (Å²) >= 11 is 0. The van der Waals surface area contributed by atoms with Gasteiger partial charge in [-0.25, -0.2) is 8.42 Å². The minimum absolute atomic E-state index is 0.232. The number of hydrogen-bond acceptors (Lipinski definition) is 4. The first-order valence-corrected chi connectivity index (χ1v) is 12.2. The third kappa shape index (κ3) is 7.92. The van der Waals surface area contributed by atoms with E-state index in [0.29, 0.717) is 9.79 Å². The van der Waals surface area contributed by atoms with Crippen molar-refractivity contribution in [3.8, 4) is 0 Å². The number of benzene rings is 2. The highest BCUT2D eigenvalue weighted by Gasteiger charge is 2.18. The van der Waals surface area contributed by atoms with Crippen molar-refractivity contribution in [2.45, 2.75) is 74.0 Å². The van der Waals surface area contributed by atoms with Crippen LogP contribution < -0.4 is 0 Å². The van der Waals surface area contributed by atoms with E-state index in [1.807, 2.05) is 24.3 Å². The van der Waals surface area contributed by atoms with E-state index in [9.17, 15) is 8.42 Å². The smallest absolute Gasteiger partial charge is 0.206 e. The third-order valence-electron chi connectivity index (χ3n) is 5.16. The maximum atomic E-state index is 13.1. The molecule has 0 aliphatic rings. The Labute approximate surface area is 175 Å². The second-order valence-corrected chi connectivity index (χ2v) is 9.52. The Morgan fingerprint density at radius 3 is 1.41 bits per heavy atom. The predicted octanol–water partition coefficient (Wildman–Crippen LogP) is 4.71. The van der Waals surface area contributed by atoms with E-state index >= 15 is 0 Å². The minimum atomic E-state index is -3.53. The molecule has 2 aromatic carbocycles. The van der Waals surface area contributed by atoms with Crippen LogP contribution in [0.15, 0.2) is 58.3 Å². The average molecular weight is 419 g/mol. The van der Waals surface area contributed by atoms with Crippen LogP contribution in [0.4, 0.5) is 0 Å². The number of aliphatic hydroxyl groups is 2. The number of aryl methyl sites for hydroxylation is 2. The number of hydrogen-bond donors (Lipinski definition) is 2. The summed E-state index contributed by atoms with van der Waals surface area (Å²) in [6.07, 6.45) is 9.42. The molecule has 0 saturated carbocycles. The van der Waals surface area contributed by atoms with Crippen molar-refractivity contribution in [1.29, 1.82) is 0 Å². The summed E-state index contributed by atoms with van der Waals surface area (Å²) in [6.45, 7) is 0.463. The van der Waals surface area contributed by atoms with Crippen LogP contribution in [-0.2, 0) is 22.7 Å². The van der Waals surface area contributed by atoms with Crippen molar-refractivity contribution >= 4 is 9.84 Å². The molecule has 0 bridgehead atoms. The lowest BCUT2D eigenvalue weighted by atomic mass is 10.1. The zero-order valence-electron chi connectivity index (χ0n) is 17.2. The van der Waals surface area contributed by atoms with Gasteiger partial charge in [0, 0.05) is 13.2 Å². The normalized spacial score (nSPS) is 11.7. The molecule has 0 saturated heterocycles. The minimum Gasteiger partial charge on any atom is -0.396 e. The molecule has 2 aromatic rings. The fraction of sp³-hybridized carbons (Fsp3) is 0.500. The molecule has 0 fully saturated rings. The van der Waals surface area contributed by atoms with Gasteiger partial charge in [-0.1, -0.05) is 49.9 Å². The third-order valence-corrected chi connectivity index (χ3v) is 6.91. The van der Waals surface area contributed by atoms with Crippen LogP contribution in [0.5, 0.6) is 0 Å². The quantitative estimate of drug-likeness (QED) is 0.436. The van der Waals surface area contributed by atoms with Crippen LogP contribution >= 0.6 is 0 Å². The zero-order valence-corrected chi connectivity index (χ0v) is 18.0. The first-order chi connectivity index (χ1) is 14.1. The largest absolute Gasteiger partial charge is 0.396 e. The Kier molecular flexibility index (Phi) is 10.4. The van der Waals surface area contributed by atoms with Crippen LogP contribution in [0.2, 0.25) is 0 Å².